The highest BCUT2D eigenvalue weighted by molar-refractivity contribution is 6.02. The molecule has 86 valence electrons. The van der Waals surface area contributed by atoms with Gasteiger partial charge in [0.25, 0.3) is 5.56 Å². The predicted octanol–water partition coefficient (Wildman–Crippen LogP) is 0.983. The largest absolute Gasteiger partial charge is 0.449 e. The van der Waals surface area contributed by atoms with E-state index in [0.717, 1.165) is 9.95 Å². The van der Waals surface area contributed by atoms with Crippen LogP contribution in [0.25, 0.3) is 22.1 Å². The summed E-state index contributed by atoms with van der Waals surface area (Å²) >= 11 is 0. The number of hydrogen-bond acceptors (Lipinski definition) is 3. The van der Waals surface area contributed by atoms with Crippen LogP contribution in [0.2, 0.25) is 0 Å². The molecule has 3 aromatic rings. The zero-order valence-corrected chi connectivity index (χ0v) is 9.43. The molecule has 17 heavy (non-hydrogen) atoms. The zero-order valence-electron chi connectivity index (χ0n) is 9.43. The van der Waals surface area contributed by atoms with E-state index in [1.165, 1.54) is 11.6 Å². The van der Waals surface area contributed by atoms with Crippen LogP contribution in [0.1, 0.15) is 0 Å². The van der Waals surface area contributed by atoms with E-state index < -0.39 is 5.56 Å². The molecule has 0 aliphatic rings. The van der Waals surface area contributed by atoms with Gasteiger partial charge in [0.1, 0.15) is 11.1 Å². The first-order chi connectivity index (χ1) is 8.11. The van der Waals surface area contributed by atoms with Crippen LogP contribution >= 0.6 is 0 Å². The second kappa shape index (κ2) is 3.10. The van der Waals surface area contributed by atoms with E-state index in [0.29, 0.717) is 11.1 Å². The summed E-state index contributed by atoms with van der Waals surface area (Å²) in [6, 6.07) is 7.28. The Balaban J connectivity index is 2.77. The van der Waals surface area contributed by atoms with Crippen LogP contribution in [0.3, 0.4) is 0 Å². The van der Waals surface area contributed by atoms with Gasteiger partial charge in [-0.25, -0.2) is 4.79 Å². The minimum Gasteiger partial charge on any atom is -0.449 e. The summed E-state index contributed by atoms with van der Waals surface area (Å²) < 4.78 is 7.99. The van der Waals surface area contributed by atoms with Gasteiger partial charge in [0.15, 0.2) is 0 Å². The summed E-state index contributed by atoms with van der Waals surface area (Å²) in [6.07, 6.45) is 0. The Labute approximate surface area is 95.5 Å². The van der Waals surface area contributed by atoms with Crippen molar-refractivity contribution in [3.63, 3.8) is 0 Å². The lowest BCUT2D eigenvalue weighted by atomic mass is 10.2. The second-order valence-corrected chi connectivity index (χ2v) is 3.98. The molecule has 0 aliphatic heterocycles. The van der Waals surface area contributed by atoms with Crippen LogP contribution in [0.4, 0.5) is 0 Å². The number of furan rings is 1. The third-order valence-corrected chi connectivity index (χ3v) is 2.98. The Morgan fingerprint density at radius 3 is 2.53 bits per heavy atom. The van der Waals surface area contributed by atoms with Crippen molar-refractivity contribution in [2.75, 3.05) is 0 Å². The molecule has 3 rings (SSSR count). The number of fused-ring (bicyclic) bond motifs is 3. The van der Waals surface area contributed by atoms with Crippen molar-refractivity contribution in [3.8, 4) is 0 Å². The Hall–Kier alpha value is -2.30. The molecule has 0 spiro atoms. The molecular formula is C12H10N2O3. The van der Waals surface area contributed by atoms with Crippen molar-refractivity contribution in [2.24, 2.45) is 14.1 Å². The molecular weight excluding hydrogens is 220 g/mol. The minimum atomic E-state index is -0.403. The fourth-order valence-corrected chi connectivity index (χ4v) is 2.07. The van der Waals surface area contributed by atoms with Crippen molar-refractivity contribution >= 4 is 22.1 Å². The fraction of sp³-hybridized carbons (Fsp3) is 0.167. The highest BCUT2D eigenvalue weighted by atomic mass is 16.3. The monoisotopic (exact) mass is 230 g/mol. The molecule has 0 saturated carbocycles. The summed E-state index contributed by atoms with van der Waals surface area (Å²) in [6.45, 7) is 0. The average molecular weight is 230 g/mol. The van der Waals surface area contributed by atoms with E-state index >= 15 is 0 Å². The third-order valence-electron chi connectivity index (χ3n) is 2.98. The molecule has 0 aliphatic carbocycles. The smallest absolute Gasteiger partial charge is 0.331 e. The molecule has 2 heterocycles. The molecule has 0 N–H and O–H groups in total. The molecule has 0 saturated heterocycles. The van der Waals surface area contributed by atoms with E-state index in [2.05, 4.69) is 0 Å². The number of aromatic nitrogens is 2. The maximum Gasteiger partial charge on any atom is 0.331 e. The molecule has 5 nitrogen and oxygen atoms in total. The van der Waals surface area contributed by atoms with Gasteiger partial charge in [-0.1, -0.05) is 12.1 Å². The molecule has 0 fully saturated rings. The van der Waals surface area contributed by atoms with E-state index in [1.807, 2.05) is 18.2 Å². The lowest BCUT2D eigenvalue weighted by molar-refractivity contribution is 0.633. The van der Waals surface area contributed by atoms with Gasteiger partial charge >= 0.3 is 5.69 Å². The Bertz CT molecular complexity index is 852. The summed E-state index contributed by atoms with van der Waals surface area (Å²) in [5, 5.41) is 0.778. The van der Waals surface area contributed by atoms with Crippen LogP contribution in [-0.2, 0) is 14.1 Å². The Morgan fingerprint density at radius 2 is 1.76 bits per heavy atom. The van der Waals surface area contributed by atoms with Gasteiger partial charge in [0.05, 0.1) is 0 Å². The van der Waals surface area contributed by atoms with E-state index in [4.69, 9.17) is 4.42 Å². The van der Waals surface area contributed by atoms with Gasteiger partial charge in [0.2, 0.25) is 5.58 Å². The van der Waals surface area contributed by atoms with Crippen molar-refractivity contribution in [1.82, 2.24) is 9.13 Å². The zero-order chi connectivity index (χ0) is 12.2. The molecule has 0 bridgehead atoms. The maximum atomic E-state index is 11.9. The van der Waals surface area contributed by atoms with Crippen molar-refractivity contribution in [1.29, 1.82) is 0 Å². The second-order valence-electron chi connectivity index (χ2n) is 3.98. The number of rotatable bonds is 0. The normalized spacial score (nSPS) is 11.4. The van der Waals surface area contributed by atoms with Crippen LogP contribution < -0.4 is 11.2 Å². The van der Waals surface area contributed by atoms with Crippen molar-refractivity contribution in [3.05, 3.63) is 45.1 Å². The number of hydrogen-bond donors (Lipinski definition) is 0. The highest BCUT2D eigenvalue weighted by Crippen LogP contribution is 2.24. The first-order valence-electron chi connectivity index (χ1n) is 5.18. The van der Waals surface area contributed by atoms with Gasteiger partial charge in [-0.15, -0.1) is 0 Å². The topological polar surface area (TPSA) is 57.1 Å². The van der Waals surface area contributed by atoms with Crippen LogP contribution in [0.5, 0.6) is 0 Å². The van der Waals surface area contributed by atoms with Crippen molar-refractivity contribution < 1.29 is 4.42 Å². The molecule has 1 aromatic carbocycles. The van der Waals surface area contributed by atoms with Gasteiger partial charge in [0, 0.05) is 19.5 Å². The van der Waals surface area contributed by atoms with E-state index in [9.17, 15) is 9.59 Å². The Kier molecular flexibility index (Phi) is 1.80. The first kappa shape index (κ1) is 9.89. The van der Waals surface area contributed by atoms with Gasteiger partial charge in [-0.05, 0) is 12.1 Å². The highest BCUT2D eigenvalue weighted by Gasteiger charge is 2.15. The van der Waals surface area contributed by atoms with Gasteiger partial charge < -0.3 is 4.42 Å². The maximum absolute atomic E-state index is 11.9. The molecule has 0 amide bonds. The van der Waals surface area contributed by atoms with E-state index in [-0.39, 0.29) is 11.3 Å². The third kappa shape index (κ3) is 1.13. The van der Waals surface area contributed by atoms with E-state index in [1.54, 1.807) is 13.1 Å². The van der Waals surface area contributed by atoms with Crippen LogP contribution in [-0.4, -0.2) is 9.13 Å². The predicted molar refractivity (Wildman–Crippen MR) is 64.2 cm³/mol. The minimum absolute atomic E-state index is 0.218. The summed E-state index contributed by atoms with van der Waals surface area (Å²) in [7, 11) is 3.07. The number of para-hydroxylation sites is 1. The summed E-state index contributed by atoms with van der Waals surface area (Å²) in [5.74, 6) is 0. The quantitative estimate of drug-likeness (QED) is 0.578. The number of benzene rings is 1. The lowest BCUT2D eigenvalue weighted by Crippen LogP contribution is -2.36. The average Bonchev–Trinajstić information content (AvgIpc) is 2.73. The standard InChI is InChI=1S/C12H10N2O3/c1-13-9-7-5-3-4-6-8(7)17-10(9)11(15)14(2)12(13)16/h3-6H,1-2H3. The van der Waals surface area contributed by atoms with Gasteiger partial charge in [-0.2, -0.15) is 0 Å². The molecule has 5 heteroatoms. The summed E-state index contributed by atoms with van der Waals surface area (Å²) in [5.41, 5.74) is 0.624. The fourth-order valence-electron chi connectivity index (χ4n) is 2.07. The van der Waals surface area contributed by atoms with Gasteiger partial charge in [-0.3, -0.25) is 13.9 Å². The Morgan fingerprint density at radius 1 is 1.06 bits per heavy atom. The molecule has 0 radical (unpaired) electrons. The number of aryl methyl sites for hydroxylation is 1. The summed E-state index contributed by atoms with van der Waals surface area (Å²) in [4.78, 5) is 23.8. The molecule has 0 unspecified atom stereocenters. The van der Waals surface area contributed by atoms with Crippen molar-refractivity contribution in [2.45, 2.75) is 0 Å². The number of nitrogens with zero attached hydrogens (tertiary/aromatic N) is 2. The SMILES string of the molecule is Cn1c(=O)c2oc3ccccc3c2n(C)c1=O. The first-order valence-corrected chi connectivity index (χ1v) is 5.18. The molecule has 0 atom stereocenters. The van der Waals surface area contributed by atoms with Crippen LogP contribution in [0.15, 0.2) is 38.3 Å². The lowest BCUT2D eigenvalue weighted by Gasteiger charge is -2.02. The van der Waals surface area contributed by atoms with Crippen LogP contribution in [0, 0.1) is 0 Å². The molecule has 2 aromatic heterocycles.